The van der Waals surface area contributed by atoms with Gasteiger partial charge < -0.3 is 14.8 Å². The van der Waals surface area contributed by atoms with Gasteiger partial charge in [-0.25, -0.2) is 4.79 Å². The molecule has 2 heterocycles. The summed E-state index contributed by atoms with van der Waals surface area (Å²) in [5, 5.41) is 11.8. The molecule has 2 aromatic rings. The number of hydrogen-bond acceptors (Lipinski definition) is 6. The van der Waals surface area contributed by atoms with Crippen LogP contribution in [0.3, 0.4) is 0 Å². The summed E-state index contributed by atoms with van der Waals surface area (Å²) in [5.41, 5.74) is 1.74. The van der Waals surface area contributed by atoms with Crippen LogP contribution in [0.1, 0.15) is 29.8 Å². The van der Waals surface area contributed by atoms with E-state index in [0.29, 0.717) is 28.3 Å². The molecule has 0 fully saturated rings. The molecule has 1 aromatic carbocycles. The lowest BCUT2D eigenvalue weighted by atomic mass is 10.1. The fourth-order valence-corrected chi connectivity index (χ4v) is 2.85. The Bertz CT molecular complexity index is 922. The van der Waals surface area contributed by atoms with Crippen molar-refractivity contribution >= 4 is 12.0 Å². The number of nitriles is 1. The molecule has 1 N–H and O–H groups in total. The van der Waals surface area contributed by atoms with E-state index in [-0.39, 0.29) is 19.0 Å². The Labute approximate surface area is 156 Å². The average Bonchev–Trinajstić information content (AvgIpc) is 2.68. The number of ether oxygens (including phenoxy) is 2. The van der Waals surface area contributed by atoms with E-state index in [1.807, 2.05) is 6.07 Å². The number of pyridine rings is 1. The van der Waals surface area contributed by atoms with E-state index < -0.39 is 12.1 Å². The summed E-state index contributed by atoms with van der Waals surface area (Å²) >= 11 is 0. The molecule has 8 nitrogen and oxygen atoms in total. The van der Waals surface area contributed by atoms with Gasteiger partial charge in [-0.3, -0.25) is 14.7 Å². The largest absolute Gasteiger partial charge is 0.495 e. The standard InChI is InChI=1S/C19H18N4O4/c1-12(18-16(26-2)4-3-7-21-18)22-17(24)11-23-10-14-8-13(9-20)5-6-15(14)27-19(23)25/h3-8,12H,10-11H2,1-2H3,(H,22,24). The molecule has 2 amide bonds. The van der Waals surface area contributed by atoms with Crippen LogP contribution in [0, 0.1) is 11.3 Å². The molecule has 0 spiro atoms. The predicted molar refractivity (Wildman–Crippen MR) is 94.9 cm³/mol. The highest BCUT2D eigenvalue weighted by atomic mass is 16.6. The lowest BCUT2D eigenvalue weighted by Gasteiger charge is -2.28. The maximum Gasteiger partial charge on any atom is 0.416 e. The minimum absolute atomic E-state index is 0.172. The van der Waals surface area contributed by atoms with E-state index in [0.717, 1.165) is 0 Å². The fourth-order valence-electron chi connectivity index (χ4n) is 2.85. The van der Waals surface area contributed by atoms with Gasteiger partial charge in [0.15, 0.2) is 0 Å². The zero-order valence-corrected chi connectivity index (χ0v) is 14.9. The molecule has 1 aliphatic rings. The summed E-state index contributed by atoms with van der Waals surface area (Å²) in [6.07, 6.45) is 1.01. The van der Waals surface area contributed by atoms with Crippen molar-refractivity contribution in [2.75, 3.05) is 13.7 Å². The summed E-state index contributed by atoms with van der Waals surface area (Å²) in [5.74, 6) is 0.620. The molecule has 0 saturated carbocycles. The van der Waals surface area contributed by atoms with Gasteiger partial charge in [0, 0.05) is 11.8 Å². The first-order chi connectivity index (χ1) is 13.0. The quantitative estimate of drug-likeness (QED) is 0.869. The Morgan fingerprint density at radius 2 is 2.30 bits per heavy atom. The second kappa shape index (κ2) is 7.74. The van der Waals surface area contributed by atoms with Gasteiger partial charge in [-0.1, -0.05) is 0 Å². The van der Waals surface area contributed by atoms with Crippen molar-refractivity contribution in [2.24, 2.45) is 0 Å². The summed E-state index contributed by atoms with van der Waals surface area (Å²) in [4.78, 5) is 30.0. The van der Waals surface area contributed by atoms with Crippen LogP contribution in [0.5, 0.6) is 11.5 Å². The van der Waals surface area contributed by atoms with E-state index in [9.17, 15) is 9.59 Å². The number of amides is 2. The van der Waals surface area contributed by atoms with Gasteiger partial charge in [-0.05, 0) is 37.3 Å². The Hall–Kier alpha value is -3.60. The third-order valence-corrected chi connectivity index (χ3v) is 4.15. The Morgan fingerprint density at radius 1 is 1.48 bits per heavy atom. The number of fused-ring (bicyclic) bond motifs is 1. The molecule has 1 aliphatic heterocycles. The lowest BCUT2D eigenvalue weighted by Crippen LogP contribution is -2.44. The van der Waals surface area contributed by atoms with Crippen molar-refractivity contribution in [3.8, 4) is 17.6 Å². The molecule has 0 saturated heterocycles. The van der Waals surface area contributed by atoms with Crippen molar-refractivity contribution in [1.29, 1.82) is 5.26 Å². The zero-order valence-electron chi connectivity index (χ0n) is 14.9. The summed E-state index contributed by atoms with van der Waals surface area (Å²) in [6.45, 7) is 1.80. The highest BCUT2D eigenvalue weighted by Crippen LogP contribution is 2.27. The summed E-state index contributed by atoms with van der Waals surface area (Å²) in [6, 6.07) is 9.96. The number of nitrogens with one attached hydrogen (secondary N) is 1. The molecule has 0 bridgehead atoms. The predicted octanol–water partition coefficient (Wildman–Crippen LogP) is 2.15. The summed E-state index contributed by atoms with van der Waals surface area (Å²) < 4.78 is 10.5. The number of nitrogens with zero attached hydrogens (tertiary/aromatic N) is 3. The van der Waals surface area contributed by atoms with E-state index in [4.69, 9.17) is 14.7 Å². The zero-order chi connectivity index (χ0) is 19.4. The molecule has 0 radical (unpaired) electrons. The first kappa shape index (κ1) is 18.2. The van der Waals surface area contributed by atoms with E-state index in [1.54, 1.807) is 43.5 Å². The number of rotatable bonds is 5. The molecule has 1 aromatic heterocycles. The first-order valence-corrected chi connectivity index (χ1v) is 8.30. The van der Waals surface area contributed by atoms with Crippen LogP contribution in [0.4, 0.5) is 4.79 Å². The monoisotopic (exact) mass is 366 g/mol. The van der Waals surface area contributed by atoms with Gasteiger partial charge in [0.1, 0.15) is 23.7 Å². The fraction of sp³-hybridized carbons (Fsp3) is 0.263. The SMILES string of the molecule is COc1cccnc1C(C)NC(=O)CN1Cc2cc(C#N)ccc2OC1=O. The maximum absolute atomic E-state index is 12.4. The molecule has 1 atom stereocenters. The summed E-state index contributed by atoms with van der Waals surface area (Å²) in [7, 11) is 1.53. The number of aromatic nitrogens is 1. The topological polar surface area (TPSA) is 105 Å². The maximum atomic E-state index is 12.4. The molecule has 138 valence electrons. The number of carbonyl (C=O) groups excluding carboxylic acids is 2. The van der Waals surface area contributed by atoms with Gasteiger partial charge in [0.25, 0.3) is 0 Å². The van der Waals surface area contributed by atoms with Crippen LogP contribution in [0.25, 0.3) is 0 Å². The smallest absolute Gasteiger partial charge is 0.416 e. The van der Waals surface area contributed by atoms with E-state index >= 15 is 0 Å². The second-order valence-electron chi connectivity index (χ2n) is 6.04. The Balaban J connectivity index is 1.67. The van der Waals surface area contributed by atoms with Gasteiger partial charge in [0.05, 0.1) is 31.3 Å². The second-order valence-corrected chi connectivity index (χ2v) is 6.04. The molecule has 0 aliphatic carbocycles. The minimum atomic E-state index is -0.606. The molecular weight excluding hydrogens is 348 g/mol. The van der Waals surface area contributed by atoms with Gasteiger partial charge >= 0.3 is 6.09 Å². The highest BCUT2D eigenvalue weighted by Gasteiger charge is 2.27. The third kappa shape index (κ3) is 3.98. The lowest BCUT2D eigenvalue weighted by molar-refractivity contribution is -0.122. The Morgan fingerprint density at radius 3 is 3.04 bits per heavy atom. The van der Waals surface area contributed by atoms with Gasteiger partial charge in [0.2, 0.25) is 5.91 Å². The highest BCUT2D eigenvalue weighted by molar-refractivity contribution is 5.84. The molecular formula is C19H18N4O4. The van der Waals surface area contributed by atoms with Gasteiger partial charge in [-0.2, -0.15) is 5.26 Å². The van der Waals surface area contributed by atoms with Crippen molar-refractivity contribution < 1.29 is 19.1 Å². The minimum Gasteiger partial charge on any atom is -0.495 e. The molecule has 27 heavy (non-hydrogen) atoms. The van der Waals surface area contributed by atoms with Crippen LogP contribution < -0.4 is 14.8 Å². The Kier molecular flexibility index (Phi) is 5.22. The average molecular weight is 366 g/mol. The van der Waals surface area contributed by atoms with E-state index in [2.05, 4.69) is 10.3 Å². The number of methoxy groups -OCH3 is 1. The first-order valence-electron chi connectivity index (χ1n) is 8.30. The third-order valence-electron chi connectivity index (χ3n) is 4.15. The van der Waals surface area contributed by atoms with Crippen LogP contribution in [-0.2, 0) is 11.3 Å². The molecule has 8 heteroatoms. The van der Waals surface area contributed by atoms with Crippen LogP contribution in [0.15, 0.2) is 36.5 Å². The van der Waals surface area contributed by atoms with Crippen molar-refractivity contribution in [1.82, 2.24) is 15.2 Å². The van der Waals surface area contributed by atoms with Crippen molar-refractivity contribution in [3.05, 3.63) is 53.3 Å². The molecule has 3 rings (SSSR count). The normalized spacial score (nSPS) is 13.8. The number of hydrogen-bond donors (Lipinski definition) is 1. The number of carbonyl (C=O) groups is 2. The molecule has 1 unspecified atom stereocenters. The number of benzene rings is 1. The van der Waals surface area contributed by atoms with E-state index in [1.165, 1.54) is 12.0 Å². The van der Waals surface area contributed by atoms with Crippen LogP contribution in [-0.4, -0.2) is 35.5 Å². The van der Waals surface area contributed by atoms with Crippen molar-refractivity contribution in [2.45, 2.75) is 19.5 Å². The van der Waals surface area contributed by atoms with Gasteiger partial charge in [-0.15, -0.1) is 0 Å². The van der Waals surface area contributed by atoms with Crippen LogP contribution in [0.2, 0.25) is 0 Å². The van der Waals surface area contributed by atoms with Crippen molar-refractivity contribution in [3.63, 3.8) is 0 Å². The van der Waals surface area contributed by atoms with Crippen LogP contribution >= 0.6 is 0 Å².